The Balaban J connectivity index is 1.34. The van der Waals surface area contributed by atoms with Gasteiger partial charge in [-0.2, -0.15) is 4.98 Å². The van der Waals surface area contributed by atoms with Crippen molar-refractivity contribution in [2.45, 2.75) is 19.4 Å². The van der Waals surface area contributed by atoms with E-state index < -0.39 is 0 Å². The van der Waals surface area contributed by atoms with Gasteiger partial charge in [0, 0.05) is 37.8 Å². The molecule has 3 heterocycles. The molecule has 0 spiro atoms. The lowest BCUT2D eigenvalue weighted by Gasteiger charge is -2.14. The van der Waals surface area contributed by atoms with Crippen molar-refractivity contribution in [2.24, 2.45) is 0 Å². The van der Waals surface area contributed by atoms with Crippen LogP contribution in [0.5, 0.6) is 0 Å². The van der Waals surface area contributed by atoms with E-state index in [0.717, 1.165) is 20.8 Å². The predicted octanol–water partition coefficient (Wildman–Crippen LogP) is 3.33. The monoisotopic (exact) mass is 379 g/mol. The number of aromatic nitrogens is 4. The molecule has 7 nitrogen and oxygen atoms in total. The summed E-state index contributed by atoms with van der Waals surface area (Å²) < 4.78 is 6.37. The number of hydrogen-bond donors (Lipinski definition) is 0. The number of para-hydroxylation sites is 1. The molecule has 0 unspecified atom stereocenters. The van der Waals surface area contributed by atoms with E-state index in [9.17, 15) is 4.79 Å². The van der Waals surface area contributed by atoms with E-state index in [4.69, 9.17) is 4.52 Å². The first-order chi connectivity index (χ1) is 13.2. The number of hydrogen-bond acceptors (Lipinski definition) is 7. The molecule has 8 heteroatoms. The van der Waals surface area contributed by atoms with Crippen LogP contribution in [-0.4, -0.2) is 38.0 Å². The maximum Gasteiger partial charge on any atom is 0.227 e. The van der Waals surface area contributed by atoms with Crippen molar-refractivity contribution < 1.29 is 9.32 Å². The molecule has 0 aliphatic heterocycles. The number of aryl methyl sites for hydroxylation is 1. The highest BCUT2D eigenvalue weighted by atomic mass is 32.1. The Kier molecular flexibility index (Phi) is 4.88. The van der Waals surface area contributed by atoms with E-state index in [2.05, 4.69) is 20.1 Å². The zero-order valence-corrected chi connectivity index (χ0v) is 15.5. The van der Waals surface area contributed by atoms with Gasteiger partial charge < -0.3 is 9.42 Å². The Morgan fingerprint density at radius 3 is 2.78 bits per heavy atom. The summed E-state index contributed by atoms with van der Waals surface area (Å²) in [5.74, 6) is 0.962. The summed E-state index contributed by atoms with van der Waals surface area (Å²) >= 11 is 1.61. The van der Waals surface area contributed by atoms with Crippen LogP contribution in [0.2, 0.25) is 0 Å². The van der Waals surface area contributed by atoms with E-state index in [1.54, 1.807) is 35.7 Å². The molecule has 0 bridgehead atoms. The topological polar surface area (TPSA) is 85.0 Å². The largest absolute Gasteiger partial charge is 0.339 e. The molecule has 0 atom stereocenters. The average molecular weight is 379 g/mol. The molecule has 0 N–H and O–H groups in total. The van der Waals surface area contributed by atoms with Crippen LogP contribution >= 0.6 is 11.3 Å². The molecule has 1 aromatic carbocycles. The first-order valence-corrected chi connectivity index (χ1v) is 9.32. The van der Waals surface area contributed by atoms with Crippen molar-refractivity contribution in [3.8, 4) is 11.4 Å². The van der Waals surface area contributed by atoms with Gasteiger partial charge in [0.05, 0.1) is 16.8 Å². The Hall–Kier alpha value is -3.13. The van der Waals surface area contributed by atoms with E-state index >= 15 is 0 Å². The number of benzene rings is 1. The number of carbonyl (C=O) groups excluding carboxylic acids is 1. The van der Waals surface area contributed by atoms with Gasteiger partial charge in [0.1, 0.15) is 5.01 Å². The van der Waals surface area contributed by atoms with Gasteiger partial charge in [0.25, 0.3) is 0 Å². The fourth-order valence-electron chi connectivity index (χ4n) is 2.66. The first-order valence-electron chi connectivity index (χ1n) is 8.50. The van der Waals surface area contributed by atoms with Crippen molar-refractivity contribution in [2.75, 3.05) is 7.05 Å². The molecular formula is C19H17N5O2S. The zero-order valence-electron chi connectivity index (χ0n) is 14.7. The lowest BCUT2D eigenvalue weighted by atomic mass is 10.2. The standard InChI is InChI=1S/C19H17N5O2S/c1-24(12-17-21-14-4-2-3-5-15(14)27-17)18(25)7-6-16-22-19(23-26-16)13-8-10-20-11-9-13/h2-5,8-11H,6-7,12H2,1H3. The summed E-state index contributed by atoms with van der Waals surface area (Å²) in [5.41, 5.74) is 1.80. The first kappa shape index (κ1) is 17.3. The highest BCUT2D eigenvalue weighted by molar-refractivity contribution is 7.18. The lowest BCUT2D eigenvalue weighted by molar-refractivity contribution is -0.130. The van der Waals surface area contributed by atoms with Crippen LogP contribution in [0, 0.1) is 0 Å². The molecule has 4 aromatic rings. The molecule has 27 heavy (non-hydrogen) atoms. The minimum atomic E-state index is 0.0120. The number of thiazole rings is 1. The molecule has 0 aliphatic carbocycles. The fourth-order valence-corrected chi connectivity index (χ4v) is 3.68. The molecular weight excluding hydrogens is 362 g/mol. The van der Waals surface area contributed by atoms with Gasteiger partial charge in [-0.3, -0.25) is 9.78 Å². The van der Waals surface area contributed by atoms with Gasteiger partial charge in [-0.1, -0.05) is 17.3 Å². The van der Waals surface area contributed by atoms with Crippen LogP contribution in [0.1, 0.15) is 17.3 Å². The number of nitrogens with zero attached hydrogens (tertiary/aromatic N) is 5. The summed E-state index contributed by atoms with van der Waals surface area (Å²) in [6.07, 6.45) is 4.05. The van der Waals surface area contributed by atoms with Gasteiger partial charge in [0.2, 0.25) is 17.6 Å². The molecule has 1 amide bonds. The highest BCUT2D eigenvalue weighted by Crippen LogP contribution is 2.22. The second-order valence-electron chi connectivity index (χ2n) is 6.07. The molecule has 0 saturated carbocycles. The Morgan fingerprint density at radius 2 is 1.96 bits per heavy atom. The Labute approximate surface area is 159 Å². The second-order valence-corrected chi connectivity index (χ2v) is 7.19. The lowest BCUT2D eigenvalue weighted by Crippen LogP contribution is -2.26. The SMILES string of the molecule is CN(Cc1nc2ccccc2s1)C(=O)CCc1nc(-c2ccncc2)no1. The van der Waals surface area contributed by atoms with Crippen molar-refractivity contribution in [1.29, 1.82) is 0 Å². The second kappa shape index (κ2) is 7.63. The third-order valence-corrected chi connectivity index (χ3v) is 5.12. The summed E-state index contributed by atoms with van der Waals surface area (Å²) in [7, 11) is 1.78. The number of carbonyl (C=O) groups is 1. The maximum absolute atomic E-state index is 12.4. The van der Waals surface area contributed by atoms with E-state index in [1.165, 1.54) is 0 Å². The minimum absolute atomic E-state index is 0.0120. The molecule has 0 radical (unpaired) electrons. The van der Waals surface area contributed by atoms with E-state index in [-0.39, 0.29) is 5.91 Å². The number of fused-ring (bicyclic) bond motifs is 1. The predicted molar refractivity (Wildman–Crippen MR) is 102 cm³/mol. The van der Waals surface area contributed by atoms with Crippen molar-refractivity contribution in [3.05, 3.63) is 59.7 Å². The van der Waals surface area contributed by atoms with Gasteiger partial charge in [-0.25, -0.2) is 4.98 Å². The van der Waals surface area contributed by atoms with Crippen LogP contribution in [0.4, 0.5) is 0 Å². The fraction of sp³-hybridized carbons (Fsp3) is 0.211. The van der Waals surface area contributed by atoms with Crippen LogP contribution in [0.25, 0.3) is 21.6 Å². The molecule has 3 aromatic heterocycles. The van der Waals surface area contributed by atoms with Gasteiger partial charge in [-0.15, -0.1) is 11.3 Å². The van der Waals surface area contributed by atoms with Crippen LogP contribution in [0.15, 0.2) is 53.3 Å². The molecule has 0 saturated heterocycles. The van der Waals surface area contributed by atoms with Crippen LogP contribution in [-0.2, 0) is 17.8 Å². The third-order valence-electron chi connectivity index (χ3n) is 4.10. The van der Waals surface area contributed by atoms with Gasteiger partial charge in [-0.05, 0) is 24.3 Å². The van der Waals surface area contributed by atoms with Crippen LogP contribution < -0.4 is 0 Å². The molecule has 136 valence electrons. The summed E-state index contributed by atoms with van der Waals surface area (Å²) in [4.78, 5) is 27.0. The van der Waals surface area contributed by atoms with E-state index in [1.807, 2.05) is 36.4 Å². The number of rotatable bonds is 6. The minimum Gasteiger partial charge on any atom is -0.339 e. The van der Waals surface area contributed by atoms with Crippen molar-refractivity contribution >= 4 is 27.5 Å². The third kappa shape index (κ3) is 4.01. The van der Waals surface area contributed by atoms with Crippen molar-refractivity contribution in [1.82, 2.24) is 25.0 Å². The van der Waals surface area contributed by atoms with Gasteiger partial charge in [0.15, 0.2) is 0 Å². The summed E-state index contributed by atoms with van der Waals surface area (Å²) in [5, 5.41) is 4.88. The Morgan fingerprint density at radius 1 is 1.15 bits per heavy atom. The average Bonchev–Trinajstić information content (AvgIpc) is 3.33. The quantitative estimate of drug-likeness (QED) is 0.511. The Bertz CT molecular complexity index is 1030. The van der Waals surface area contributed by atoms with E-state index in [0.29, 0.717) is 31.1 Å². The zero-order chi connectivity index (χ0) is 18.6. The summed E-state index contributed by atoms with van der Waals surface area (Å²) in [6.45, 7) is 0.490. The van der Waals surface area contributed by atoms with Crippen LogP contribution in [0.3, 0.4) is 0 Å². The molecule has 0 aliphatic rings. The highest BCUT2D eigenvalue weighted by Gasteiger charge is 2.15. The van der Waals surface area contributed by atoms with Crippen molar-refractivity contribution in [3.63, 3.8) is 0 Å². The summed E-state index contributed by atoms with van der Waals surface area (Å²) in [6, 6.07) is 11.6. The maximum atomic E-state index is 12.4. The molecule has 0 fully saturated rings. The van der Waals surface area contributed by atoms with Gasteiger partial charge >= 0.3 is 0 Å². The smallest absolute Gasteiger partial charge is 0.227 e. The molecule has 4 rings (SSSR count). The number of amides is 1. The number of pyridine rings is 1. The normalized spacial score (nSPS) is 11.0.